The number of nitrogens with one attached hydrogen (secondary N) is 2. The predicted octanol–water partition coefficient (Wildman–Crippen LogP) is 3.65. The second-order valence-electron chi connectivity index (χ2n) is 6.79. The van der Waals surface area contributed by atoms with Gasteiger partial charge in [-0.2, -0.15) is 0 Å². The van der Waals surface area contributed by atoms with Crippen molar-refractivity contribution in [2.75, 3.05) is 13.1 Å². The maximum absolute atomic E-state index is 11.8. The van der Waals surface area contributed by atoms with Gasteiger partial charge in [0, 0.05) is 13.1 Å². The first kappa shape index (κ1) is 20.7. The van der Waals surface area contributed by atoms with E-state index in [1.165, 1.54) is 0 Å². The minimum atomic E-state index is 0.0855. The van der Waals surface area contributed by atoms with Crippen molar-refractivity contribution in [3.63, 3.8) is 0 Å². The summed E-state index contributed by atoms with van der Waals surface area (Å²) in [6, 6.07) is 19.6. The van der Waals surface area contributed by atoms with Crippen molar-refractivity contribution in [3.8, 4) is 0 Å². The first-order chi connectivity index (χ1) is 13.2. The molecular formula is C23H30N2O2. The standard InChI is InChI=1S/C23H30N2O2/c26-22(18-20-12-6-4-7-13-20)24-16-10-2-1-3-11-17-25-23(27)19-21-14-8-5-9-15-21/h4-9,12-15H,1-3,10-11,16-19H2,(H,24,26)(H,25,27). The molecule has 0 saturated carbocycles. The zero-order valence-electron chi connectivity index (χ0n) is 16.0. The third-order valence-corrected chi connectivity index (χ3v) is 4.41. The van der Waals surface area contributed by atoms with Crippen LogP contribution >= 0.6 is 0 Å². The highest BCUT2D eigenvalue weighted by Gasteiger charge is 2.03. The van der Waals surface area contributed by atoms with Crippen molar-refractivity contribution in [2.45, 2.75) is 44.9 Å². The Bertz CT molecular complexity index is 612. The molecule has 0 aliphatic heterocycles. The van der Waals surface area contributed by atoms with Crippen molar-refractivity contribution in [1.29, 1.82) is 0 Å². The van der Waals surface area contributed by atoms with Crippen LogP contribution in [0.2, 0.25) is 0 Å². The van der Waals surface area contributed by atoms with Gasteiger partial charge in [0.05, 0.1) is 12.8 Å². The molecule has 4 nitrogen and oxygen atoms in total. The van der Waals surface area contributed by atoms with Crippen LogP contribution in [0.5, 0.6) is 0 Å². The number of amides is 2. The van der Waals surface area contributed by atoms with E-state index in [1.807, 2.05) is 60.7 Å². The van der Waals surface area contributed by atoms with E-state index in [2.05, 4.69) is 10.6 Å². The number of carbonyl (C=O) groups excluding carboxylic acids is 2. The molecule has 0 radical (unpaired) electrons. The lowest BCUT2D eigenvalue weighted by Gasteiger charge is -2.07. The van der Waals surface area contributed by atoms with Gasteiger partial charge in [0.25, 0.3) is 0 Å². The Morgan fingerprint density at radius 3 is 1.33 bits per heavy atom. The fourth-order valence-corrected chi connectivity index (χ4v) is 2.92. The van der Waals surface area contributed by atoms with Crippen LogP contribution in [0.25, 0.3) is 0 Å². The van der Waals surface area contributed by atoms with Gasteiger partial charge in [-0.05, 0) is 24.0 Å². The molecule has 2 rings (SSSR count). The summed E-state index contributed by atoms with van der Waals surface area (Å²) in [5.41, 5.74) is 2.09. The number of unbranched alkanes of at least 4 members (excludes halogenated alkanes) is 4. The summed E-state index contributed by atoms with van der Waals surface area (Å²) in [6.07, 6.45) is 6.23. The van der Waals surface area contributed by atoms with Crippen molar-refractivity contribution >= 4 is 11.8 Å². The summed E-state index contributed by atoms with van der Waals surface area (Å²) in [5, 5.41) is 5.95. The SMILES string of the molecule is O=C(Cc1ccccc1)NCCCCCCCNC(=O)Cc1ccccc1. The molecule has 0 saturated heterocycles. The van der Waals surface area contributed by atoms with Gasteiger partial charge in [0.1, 0.15) is 0 Å². The van der Waals surface area contributed by atoms with Gasteiger partial charge in [-0.3, -0.25) is 9.59 Å². The molecule has 0 unspecified atom stereocenters. The van der Waals surface area contributed by atoms with Crippen molar-refractivity contribution in [3.05, 3.63) is 71.8 Å². The first-order valence-electron chi connectivity index (χ1n) is 9.85. The van der Waals surface area contributed by atoms with E-state index in [-0.39, 0.29) is 11.8 Å². The van der Waals surface area contributed by atoms with Gasteiger partial charge in [0.15, 0.2) is 0 Å². The Morgan fingerprint density at radius 1 is 0.556 bits per heavy atom. The van der Waals surface area contributed by atoms with Gasteiger partial charge in [0.2, 0.25) is 11.8 Å². The van der Waals surface area contributed by atoms with Crippen LogP contribution in [0.4, 0.5) is 0 Å². The zero-order chi connectivity index (χ0) is 19.2. The average Bonchev–Trinajstić information content (AvgIpc) is 2.68. The van der Waals surface area contributed by atoms with Gasteiger partial charge < -0.3 is 10.6 Å². The number of hydrogen-bond acceptors (Lipinski definition) is 2. The molecule has 0 atom stereocenters. The van der Waals surface area contributed by atoms with Crippen LogP contribution < -0.4 is 10.6 Å². The third-order valence-electron chi connectivity index (χ3n) is 4.41. The molecule has 4 heteroatoms. The number of carbonyl (C=O) groups is 2. The van der Waals surface area contributed by atoms with Crippen LogP contribution in [0.1, 0.15) is 43.2 Å². The molecule has 2 amide bonds. The normalized spacial score (nSPS) is 10.4. The molecule has 2 aromatic rings. The average molecular weight is 367 g/mol. The van der Waals surface area contributed by atoms with Crippen molar-refractivity contribution < 1.29 is 9.59 Å². The Kier molecular flexibility index (Phi) is 9.72. The lowest BCUT2D eigenvalue weighted by molar-refractivity contribution is -0.121. The highest BCUT2D eigenvalue weighted by molar-refractivity contribution is 5.78. The molecule has 0 aliphatic carbocycles. The molecule has 0 aromatic heterocycles. The fraction of sp³-hybridized carbons (Fsp3) is 0.391. The number of benzene rings is 2. The van der Waals surface area contributed by atoms with E-state index in [0.29, 0.717) is 12.8 Å². The Morgan fingerprint density at radius 2 is 0.926 bits per heavy atom. The minimum absolute atomic E-state index is 0.0855. The van der Waals surface area contributed by atoms with Gasteiger partial charge >= 0.3 is 0 Å². The Balaban J connectivity index is 1.40. The molecule has 0 fully saturated rings. The largest absolute Gasteiger partial charge is 0.356 e. The smallest absolute Gasteiger partial charge is 0.224 e. The highest BCUT2D eigenvalue weighted by atomic mass is 16.2. The highest BCUT2D eigenvalue weighted by Crippen LogP contribution is 2.03. The zero-order valence-corrected chi connectivity index (χ0v) is 16.0. The molecule has 27 heavy (non-hydrogen) atoms. The maximum atomic E-state index is 11.8. The summed E-state index contributed by atoms with van der Waals surface area (Å²) in [6.45, 7) is 1.47. The van der Waals surface area contributed by atoms with Crippen LogP contribution in [0.15, 0.2) is 60.7 Å². The van der Waals surface area contributed by atoms with Crippen LogP contribution in [-0.4, -0.2) is 24.9 Å². The monoisotopic (exact) mass is 366 g/mol. The lowest BCUT2D eigenvalue weighted by Crippen LogP contribution is -2.26. The fourth-order valence-electron chi connectivity index (χ4n) is 2.92. The lowest BCUT2D eigenvalue weighted by atomic mass is 10.1. The minimum Gasteiger partial charge on any atom is -0.356 e. The second-order valence-corrected chi connectivity index (χ2v) is 6.79. The van der Waals surface area contributed by atoms with E-state index in [1.54, 1.807) is 0 Å². The van der Waals surface area contributed by atoms with Gasteiger partial charge in [-0.15, -0.1) is 0 Å². The van der Waals surface area contributed by atoms with Crippen molar-refractivity contribution in [2.24, 2.45) is 0 Å². The van der Waals surface area contributed by atoms with Gasteiger partial charge in [-0.1, -0.05) is 79.9 Å². The summed E-state index contributed by atoms with van der Waals surface area (Å²) in [5.74, 6) is 0.171. The van der Waals surface area contributed by atoms with E-state index >= 15 is 0 Å². The number of rotatable bonds is 12. The molecule has 0 aliphatic rings. The Labute approximate surface area is 162 Å². The summed E-state index contributed by atoms with van der Waals surface area (Å²) >= 11 is 0. The molecule has 144 valence electrons. The summed E-state index contributed by atoms with van der Waals surface area (Å²) in [4.78, 5) is 23.7. The first-order valence-corrected chi connectivity index (χ1v) is 9.85. The van der Waals surface area contributed by atoms with Crippen molar-refractivity contribution in [1.82, 2.24) is 10.6 Å². The van der Waals surface area contributed by atoms with Gasteiger partial charge in [-0.25, -0.2) is 0 Å². The molecule has 2 aromatic carbocycles. The summed E-state index contributed by atoms with van der Waals surface area (Å²) < 4.78 is 0. The predicted molar refractivity (Wildman–Crippen MR) is 109 cm³/mol. The molecule has 0 spiro atoms. The quantitative estimate of drug-likeness (QED) is 0.563. The third kappa shape index (κ3) is 9.59. The number of hydrogen-bond donors (Lipinski definition) is 2. The molecule has 0 heterocycles. The van der Waals surface area contributed by atoms with Crippen LogP contribution in [0, 0.1) is 0 Å². The molecular weight excluding hydrogens is 336 g/mol. The van der Waals surface area contributed by atoms with Crippen LogP contribution in [-0.2, 0) is 22.4 Å². The second kappa shape index (κ2) is 12.7. The Hall–Kier alpha value is -2.62. The van der Waals surface area contributed by atoms with E-state index in [0.717, 1.165) is 56.3 Å². The van der Waals surface area contributed by atoms with E-state index in [4.69, 9.17) is 0 Å². The maximum Gasteiger partial charge on any atom is 0.224 e. The molecule has 2 N–H and O–H groups in total. The summed E-state index contributed by atoms with van der Waals surface area (Å²) in [7, 11) is 0. The molecule has 0 bridgehead atoms. The topological polar surface area (TPSA) is 58.2 Å². The van der Waals surface area contributed by atoms with Crippen LogP contribution in [0.3, 0.4) is 0 Å². The van der Waals surface area contributed by atoms with E-state index in [9.17, 15) is 9.59 Å². The van der Waals surface area contributed by atoms with E-state index < -0.39 is 0 Å².